The molecule has 0 aliphatic heterocycles. The molecule has 1 amide bonds. The number of halogens is 6. The molecule has 1 atom stereocenters. The van der Waals surface area contributed by atoms with Crippen molar-refractivity contribution in [3.63, 3.8) is 0 Å². The average Bonchev–Trinajstić information content (AvgIpc) is 3.23. The Hall–Kier alpha value is -3.90. The van der Waals surface area contributed by atoms with Gasteiger partial charge in [0.05, 0.1) is 11.3 Å². The van der Waals surface area contributed by atoms with E-state index in [0.29, 0.717) is 5.56 Å². The van der Waals surface area contributed by atoms with Gasteiger partial charge in [0.25, 0.3) is 11.7 Å². The standard InChI is InChI=1S/C21H16F6N4O3/c1-12(18(32)28-11-20(22,23)24)34-19(33)16-29-17(13-6-3-2-4-7-13)31(30-16)15-9-5-8-14(10-15)21(25,26)27/h2-10,12H,11H2,1H3,(H,28,32). The van der Waals surface area contributed by atoms with E-state index in [2.05, 4.69) is 10.1 Å². The van der Waals surface area contributed by atoms with Gasteiger partial charge in [0.15, 0.2) is 11.9 Å². The number of nitrogens with one attached hydrogen (secondary N) is 1. The number of hydrogen-bond donors (Lipinski definition) is 1. The summed E-state index contributed by atoms with van der Waals surface area (Å²) in [7, 11) is 0. The van der Waals surface area contributed by atoms with Gasteiger partial charge < -0.3 is 10.1 Å². The highest BCUT2D eigenvalue weighted by Crippen LogP contribution is 2.31. The molecule has 0 aliphatic carbocycles. The van der Waals surface area contributed by atoms with E-state index in [4.69, 9.17) is 4.74 Å². The molecule has 34 heavy (non-hydrogen) atoms. The molecular weight excluding hydrogens is 470 g/mol. The molecule has 1 aromatic heterocycles. The number of aromatic nitrogens is 3. The minimum absolute atomic E-state index is 0.000973. The Kier molecular flexibility index (Phi) is 6.93. The molecule has 0 saturated heterocycles. The number of esters is 1. The van der Waals surface area contributed by atoms with Crippen molar-refractivity contribution in [2.75, 3.05) is 6.54 Å². The monoisotopic (exact) mass is 486 g/mol. The highest BCUT2D eigenvalue weighted by Gasteiger charge is 2.32. The van der Waals surface area contributed by atoms with Gasteiger partial charge in [0.1, 0.15) is 6.54 Å². The normalized spacial score (nSPS) is 12.8. The first-order valence-corrected chi connectivity index (χ1v) is 9.61. The van der Waals surface area contributed by atoms with E-state index in [1.54, 1.807) is 35.6 Å². The zero-order valence-electron chi connectivity index (χ0n) is 17.3. The lowest BCUT2D eigenvalue weighted by Gasteiger charge is -2.13. The third kappa shape index (κ3) is 6.11. The lowest BCUT2D eigenvalue weighted by atomic mass is 10.2. The molecule has 1 N–H and O–H groups in total. The third-order valence-electron chi connectivity index (χ3n) is 4.36. The first kappa shape index (κ1) is 24.7. The minimum atomic E-state index is -4.66. The van der Waals surface area contributed by atoms with Gasteiger partial charge in [-0.25, -0.2) is 14.5 Å². The van der Waals surface area contributed by atoms with Crippen LogP contribution in [-0.4, -0.2) is 45.5 Å². The maximum absolute atomic E-state index is 13.2. The molecule has 180 valence electrons. The molecule has 0 spiro atoms. The van der Waals surface area contributed by atoms with Crippen LogP contribution in [0.1, 0.15) is 23.1 Å². The van der Waals surface area contributed by atoms with Crippen molar-refractivity contribution in [1.29, 1.82) is 0 Å². The Morgan fingerprint density at radius 3 is 2.32 bits per heavy atom. The Balaban J connectivity index is 1.92. The first-order chi connectivity index (χ1) is 15.8. The highest BCUT2D eigenvalue weighted by molar-refractivity contribution is 5.89. The number of nitrogens with zero attached hydrogens (tertiary/aromatic N) is 3. The summed E-state index contributed by atoms with van der Waals surface area (Å²) in [4.78, 5) is 28.3. The predicted octanol–water partition coefficient (Wildman–Crippen LogP) is 4.18. The van der Waals surface area contributed by atoms with Gasteiger partial charge in [-0.3, -0.25) is 4.79 Å². The molecule has 0 fully saturated rings. The van der Waals surface area contributed by atoms with Crippen LogP contribution in [0.5, 0.6) is 0 Å². The van der Waals surface area contributed by atoms with Crippen LogP contribution < -0.4 is 5.32 Å². The smallest absolute Gasteiger partial charge is 0.416 e. The summed E-state index contributed by atoms with van der Waals surface area (Å²) in [5.74, 6) is -3.06. The molecule has 1 unspecified atom stereocenters. The van der Waals surface area contributed by atoms with E-state index in [-0.39, 0.29) is 11.5 Å². The Morgan fingerprint density at radius 1 is 1.03 bits per heavy atom. The second-order valence-electron chi connectivity index (χ2n) is 6.97. The maximum atomic E-state index is 13.2. The predicted molar refractivity (Wildman–Crippen MR) is 106 cm³/mol. The van der Waals surface area contributed by atoms with Crippen LogP contribution in [0.25, 0.3) is 17.1 Å². The van der Waals surface area contributed by atoms with E-state index in [0.717, 1.165) is 29.8 Å². The number of ether oxygens (including phenoxy) is 1. The fourth-order valence-electron chi connectivity index (χ4n) is 2.76. The largest absolute Gasteiger partial charge is 0.447 e. The summed E-state index contributed by atoms with van der Waals surface area (Å²) < 4.78 is 82.1. The molecule has 2 aromatic carbocycles. The lowest BCUT2D eigenvalue weighted by Crippen LogP contribution is -2.40. The molecule has 1 heterocycles. The Bertz CT molecular complexity index is 1180. The van der Waals surface area contributed by atoms with Crippen LogP contribution in [0.15, 0.2) is 54.6 Å². The van der Waals surface area contributed by atoms with Crippen LogP contribution in [0.3, 0.4) is 0 Å². The zero-order valence-corrected chi connectivity index (χ0v) is 17.3. The Morgan fingerprint density at radius 2 is 1.71 bits per heavy atom. The number of hydrogen-bond acceptors (Lipinski definition) is 5. The van der Waals surface area contributed by atoms with Crippen molar-refractivity contribution >= 4 is 11.9 Å². The van der Waals surface area contributed by atoms with Crippen LogP contribution in [0.2, 0.25) is 0 Å². The minimum Gasteiger partial charge on any atom is -0.447 e. The van der Waals surface area contributed by atoms with E-state index in [9.17, 15) is 35.9 Å². The highest BCUT2D eigenvalue weighted by atomic mass is 19.4. The van der Waals surface area contributed by atoms with Crippen LogP contribution >= 0.6 is 0 Å². The van der Waals surface area contributed by atoms with Crippen molar-refractivity contribution in [3.05, 3.63) is 66.0 Å². The molecule has 7 nitrogen and oxygen atoms in total. The van der Waals surface area contributed by atoms with Gasteiger partial charge in [0.2, 0.25) is 0 Å². The molecule has 0 saturated carbocycles. The van der Waals surface area contributed by atoms with Crippen molar-refractivity contribution in [3.8, 4) is 17.1 Å². The van der Waals surface area contributed by atoms with Gasteiger partial charge in [-0.1, -0.05) is 36.4 Å². The summed E-state index contributed by atoms with van der Waals surface area (Å²) in [6, 6.07) is 12.2. The topological polar surface area (TPSA) is 86.1 Å². The first-order valence-electron chi connectivity index (χ1n) is 9.61. The van der Waals surface area contributed by atoms with E-state index in [1.807, 2.05) is 0 Å². The van der Waals surface area contributed by atoms with Crippen molar-refractivity contribution in [1.82, 2.24) is 20.1 Å². The van der Waals surface area contributed by atoms with E-state index >= 15 is 0 Å². The third-order valence-corrected chi connectivity index (χ3v) is 4.36. The van der Waals surface area contributed by atoms with Crippen molar-refractivity contribution in [2.24, 2.45) is 0 Å². The number of carbonyl (C=O) groups is 2. The zero-order chi connectivity index (χ0) is 25.1. The van der Waals surface area contributed by atoms with Gasteiger partial charge >= 0.3 is 18.3 Å². The maximum Gasteiger partial charge on any atom is 0.416 e. The van der Waals surface area contributed by atoms with Gasteiger partial charge in [-0.2, -0.15) is 26.3 Å². The second-order valence-corrected chi connectivity index (χ2v) is 6.97. The van der Waals surface area contributed by atoms with E-state index < -0.39 is 48.3 Å². The van der Waals surface area contributed by atoms with Gasteiger partial charge in [-0.05, 0) is 25.1 Å². The summed E-state index contributed by atoms with van der Waals surface area (Å²) in [5, 5.41) is 5.50. The molecule has 3 rings (SSSR count). The molecule has 0 aliphatic rings. The second kappa shape index (κ2) is 9.53. The quantitative estimate of drug-likeness (QED) is 0.418. The fraction of sp³-hybridized carbons (Fsp3) is 0.238. The molecule has 13 heteroatoms. The fourth-order valence-corrected chi connectivity index (χ4v) is 2.76. The van der Waals surface area contributed by atoms with Crippen LogP contribution in [-0.2, 0) is 15.7 Å². The summed E-state index contributed by atoms with van der Waals surface area (Å²) in [5.41, 5.74) is -0.614. The average molecular weight is 486 g/mol. The molecule has 3 aromatic rings. The van der Waals surface area contributed by atoms with Crippen molar-refractivity contribution < 1.29 is 40.7 Å². The van der Waals surface area contributed by atoms with Crippen LogP contribution in [0.4, 0.5) is 26.3 Å². The summed E-state index contributed by atoms with van der Waals surface area (Å²) in [6.07, 6.45) is -10.9. The molecular formula is C21H16F6N4O3. The van der Waals surface area contributed by atoms with Gasteiger partial charge in [0, 0.05) is 5.56 Å². The lowest BCUT2D eigenvalue weighted by molar-refractivity contribution is -0.143. The summed E-state index contributed by atoms with van der Waals surface area (Å²) >= 11 is 0. The Labute approximate surface area is 188 Å². The number of rotatable bonds is 6. The SMILES string of the molecule is CC(OC(=O)c1nc(-c2ccccc2)n(-c2cccc(C(F)(F)F)c2)n1)C(=O)NCC(F)(F)F. The number of amides is 1. The number of alkyl halides is 6. The van der Waals surface area contributed by atoms with Gasteiger partial charge in [-0.15, -0.1) is 5.10 Å². The number of carbonyl (C=O) groups excluding carboxylic acids is 2. The summed E-state index contributed by atoms with van der Waals surface area (Å²) in [6.45, 7) is -0.570. The molecule has 0 bridgehead atoms. The van der Waals surface area contributed by atoms with Crippen LogP contribution in [0, 0.1) is 0 Å². The number of benzene rings is 2. The van der Waals surface area contributed by atoms with E-state index in [1.165, 1.54) is 6.07 Å². The van der Waals surface area contributed by atoms with Crippen molar-refractivity contribution in [2.45, 2.75) is 25.4 Å². The molecule has 0 radical (unpaired) electrons.